The van der Waals surface area contributed by atoms with E-state index >= 15 is 4.39 Å². The number of aliphatic hydroxyl groups is 1. The lowest BCUT2D eigenvalue weighted by molar-refractivity contribution is -0.170. The molecule has 2 aromatic carbocycles. The lowest BCUT2D eigenvalue weighted by Gasteiger charge is -2.30. The lowest BCUT2D eigenvalue weighted by atomic mass is 9.91. The molecule has 1 atom stereocenters. The SMILES string of the molecule is C#Cc1cc2nc(C)nc(N[C@H](C)c3cccc(C(F)(F)C(C)(C)O)c3F)c2cc1OCCOc1cccnc1. The molecule has 2 aromatic heterocycles. The smallest absolute Gasteiger partial charge is 0.303 e. The van der Waals surface area contributed by atoms with E-state index in [1.54, 1.807) is 50.5 Å². The van der Waals surface area contributed by atoms with E-state index in [-0.39, 0.29) is 18.8 Å². The Labute approximate surface area is 230 Å². The topological polar surface area (TPSA) is 89.4 Å². The van der Waals surface area contributed by atoms with E-state index in [9.17, 15) is 13.9 Å². The van der Waals surface area contributed by atoms with Gasteiger partial charge in [-0.15, -0.1) is 6.42 Å². The van der Waals surface area contributed by atoms with Gasteiger partial charge in [0.25, 0.3) is 0 Å². The first-order valence-electron chi connectivity index (χ1n) is 12.5. The number of rotatable bonds is 10. The summed E-state index contributed by atoms with van der Waals surface area (Å²) in [4.78, 5) is 12.9. The average molecular weight is 551 g/mol. The molecule has 0 aliphatic carbocycles. The molecule has 0 amide bonds. The second-order valence-corrected chi connectivity index (χ2v) is 9.72. The Bertz CT molecular complexity index is 1550. The Morgan fingerprint density at radius 1 is 1.10 bits per heavy atom. The number of benzene rings is 2. The second kappa shape index (κ2) is 11.4. The fraction of sp³-hybridized carbons (Fsp3) is 0.300. The predicted molar refractivity (Wildman–Crippen MR) is 146 cm³/mol. The Kier molecular flexibility index (Phi) is 8.16. The summed E-state index contributed by atoms with van der Waals surface area (Å²) >= 11 is 0. The van der Waals surface area contributed by atoms with Crippen molar-refractivity contribution in [3.8, 4) is 23.8 Å². The molecule has 7 nitrogen and oxygen atoms in total. The van der Waals surface area contributed by atoms with Crippen LogP contribution in [0.4, 0.5) is 19.0 Å². The molecule has 0 unspecified atom stereocenters. The van der Waals surface area contributed by atoms with Gasteiger partial charge in [-0.3, -0.25) is 4.98 Å². The van der Waals surface area contributed by atoms with Crippen molar-refractivity contribution in [1.29, 1.82) is 0 Å². The number of hydrogen-bond donors (Lipinski definition) is 2. The van der Waals surface area contributed by atoms with Crippen molar-refractivity contribution >= 4 is 16.7 Å². The number of pyridine rings is 1. The number of aryl methyl sites for hydroxylation is 1. The molecule has 0 aliphatic heterocycles. The third-order valence-electron chi connectivity index (χ3n) is 6.26. The standard InChI is InChI=1S/C30H29F3N4O3/c1-6-20-15-25-23(16-26(20)40-14-13-39-21-9-8-12-34-17-21)28(37-19(3)36-25)35-18(2)22-10-7-11-24(27(22)31)30(32,33)29(4,5)38/h1,7-12,15-18,38H,13-14H2,2-5H3,(H,35,36,37)/t18-/m1/s1. The molecule has 208 valence electrons. The van der Waals surface area contributed by atoms with Gasteiger partial charge in [0, 0.05) is 17.1 Å². The van der Waals surface area contributed by atoms with Crippen LogP contribution in [0.25, 0.3) is 10.9 Å². The van der Waals surface area contributed by atoms with Crippen LogP contribution >= 0.6 is 0 Å². The maximum absolute atomic E-state index is 15.4. The maximum atomic E-state index is 15.4. The quantitative estimate of drug-likeness (QED) is 0.186. The van der Waals surface area contributed by atoms with Crippen LogP contribution in [0.5, 0.6) is 11.5 Å². The van der Waals surface area contributed by atoms with Gasteiger partial charge in [-0.2, -0.15) is 8.78 Å². The fourth-order valence-electron chi connectivity index (χ4n) is 4.10. The number of nitrogens with one attached hydrogen (secondary N) is 1. The molecule has 2 N–H and O–H groups in total. The van der Waals surface area contributed by atoms with E-state index in [2.05, 4.69) is 26.2 Å². The van der Waals surface area contributed by atoms with Gasteiger partial charge >= 0.3 is 5.92 Å². The van der Waals surface area contributed by atoms with Crippen LogP contribution in [0, 0.1) is 25.1 Å². The van der Waals surface area contributed by atoms with Crippen molar-refractivity contribution in [2.24, 2.45) is 0 Å². The minimum atomic E-state index is -3.82. The van der Waals surface area contributed by atoms with Gasteiger partial charge < -0.3 is 19.9 Å². The van der Waals surface area contributed by atoms with E-state index in [1.807, 2.05) is 0 Å². The Balaban J connectivity index is 1.62. The summed E-state index contributed by atoms with van der Waals surface area (Å²) in [5, 5.41) is 13.6. The van der Waals surface area contributed by atoms with Crippen LogP contribution in [0.1, 0.15) is 49.3 Å². The number of terminal acetylenes is 1. The van der Waals surface area contributed by atoms with Crippen molar-refractivity contribution < 1.29 is 27.8 Å². The average Bonchev–Trinajstić information content (AvgIpc) is 2.90. The molecule has 0 saturated carbocycles. The zero-order valence-electron chi connectivity index (χ0n) is 22.5. The third-order valence-corrected chi connectivity index (χ3v) is 6.26. The number of anilines is 1. The number of ether oxygens (including phenoxy) is 2. The number of aromatic nitrogens is 3. The fourth-order valence-corrected chi connectivity index (χ4v) is 4.10. The Hall–Kier alpha value is -4.36. The Morgan fingerprint density at radius 2 is 1.85 bits per heavy atom. The molecule has 0 fully saturated rings. The first kappa shape index (κ1) is 28.6. The molecule has 0 bridgehead atoms. The van der Waals surface area contributed by atoms with Crippen LogP contribution in [0.15, 0.2) is 54.9 Å². The first-order valence-corrected chi connectivity index (χ1v) is 12.5. The van der Waals surface area contributed by atoms with Crippen molar-refractivity contribution in [3.05, 3.63) is 83.2 Å². The number of nitrogens with zero attached hydrogens (tertiary/aromatic N) is 3. The summed E-state index contributed by atoms with van der Waals surface area (Å²) in [5.74, 6) is -0.577. The largest absolute Gasteiger partial charge is 0.489 e. The van der Waals surface area contributed by atoms with Crippen molar-refractivity contribution in [2.45, 2.75) is 45.3 Å². The second-order valence-electron chi connectivity index (χ2n) is 9.72. The first-order chi connectivity index (χ1) is 18.9. The summed E-state index contributed by atoms with van der Waals surface area (Å²) in [7, 11) is 0. The summed E-state index contributed by atoms with van der Waals surface area (Å²) in [6.07, 6.45) is 8.95. The van der Waals surface area contributed by atoms with E-state index in [0.29, 0.717) is 39.6 Å². The van der Waals surface area contributed by atoms with Gasteiger partial charge in [-0.25, -0.2) is 14.4 Å². The molecule has 0 saturated heterocycles. The minimum Gasteiger partial charge on any atom is -0.489 e. The lowest BCUT2D eigenvalue weighted by Crippen LogP contribution is -2.41. The van der Waals surface area contributed by atoms with E-state index in [0.717, 1.165) is 19.9 Å². The normalized spacial score (nSPS) is 12.6. The molecular formula is C30H29F3N4O3. The van der Waals surface area contributed by atoms with Crippen LogP contribution in [0.3, 0.4) is 0 Å². The maximum Gasteiger partial charge on any atom is 0.303 e. The molecule has 4 aromatic rings. The molecule has 40 heavy (non-hydrogen) atoms. The highest BCUT2D eigenvalue weighted by molar-refractivity contribution is 5.92. The van der Waals surface area contributed by atoms with Crippen LogP contribution in [-0.4, -0.2) is 38.9 Å². The molecule has 4 rings (SSSR count). The minimum absolute atomic E-state index is 0.0184. The summed E-state index contributed by atoms with van der Waals surface area (Å²) in [5.41, 5.74) is -2.37. The monoisotopic (exact) mass is 550 g/mol. The molecule has 0 radical (unpaired) electrons. The van der Waals surface area contributed by atoms with Crippen molar-refractivity contribution in [1.82, 2.24) is 15.0 Å². The van der Waals surface area contributed by atoms with Gasteiger partial charge in [0.05, 0.1) is 28.9 Å². The molecular weight excluding hydrogens is 521 g/mol. The Morgan fingerprint density at radius 3 is 2.52 bits per heavy atom. The van der Waals surface area contributed by atoms with E-state index in [4.69, 9.17) is 15.9 Å². The molecule has 0 aliphatic rings. The highest BCUT2D eigenvalue weighted by Crippen LogP contribution is 2.41. The number of fused-ring (bicyclic) bond motifs is 1. The number of alkyl halides is 2. The van der Waals surface area contributed by atoms with Gasteiger partial charge in [-0.05, 0) is 58.0 Å². The van der Waals surface area contributed by atoms with Crippen LogP contribution in [-0.2, 0) is 5.92 Å². The van der Waals surface area contributed by atoms with Gasteiger partial charge in [0.15, 0.2) is 0 Å². The highest BCUT2D eigenvalue weighted by Gasteiger charge is 2.49. The van der Waals surface area contributed by atoms with Crippen LogP contribution in [0.2, 0.25) is 0 Å². The van der Waals surface area contributed by atoms with Crippen molar-refractivity contribution in [3.63, 3.8) is 0 Å². The van der Waals surface area contributed by atoms with Gasteiger partial charge in [0.2, 0.25) is 0 Å². The van der Waals surface area contributed by atoms with E-state index < -0.39 is 28.9 Å². The summed E-state index contributed by atoms with van der Waals surface area (Å²) in [6.45, 7) is 5.61. The zero-order chi connectivity index (χ0) is 29.1. The van der Waals surface area contributed by atoms with Gasteiger partial charge in [0.1, 0.15) is 47.8 Å². The van der Waals surface area contributed by atoms with Gasteiger partial charge in [-0.1, -0.05) is 18.1 Å². The van der Waals surface area contributed by atoms with Crippen molar-refractivity contribution in [2.75, 3.05) is 18.5 Å². The molecule has 2 heterocycles. The third kappa shape index (κ3) is 5.95. The number of halogens is 3. The molecule has 0 spiro atoms. The zero-order valence-corrected chi connectivity index (χ0v) is 22.5. The van der Waals surface area contributed by atoms with E-state index in [1.165, 1.54) is 12.1 Å². The number of hydrogen-bond acceptors (Lipinski definition) is 7. The summed E-state index contributed by atoms with van der Waals surface area (Å²) in [6, 6.07) is 9.82. The summed E-state index contributed by atoms with van der Waals surface area (Å²) < 4.78 is 56.5. The predicted octanol–water partition coefficient (Wildman–Crippen LogP) is 5.95. The molecule has 10 heteroatoms. The highest BCUT2D eigenvalue weighted by atomic mass is 19.3. The van der Waals surface area contributed by atoms with Crippen LogP contribution < -0.4 is 14.8 Å².